The first-order valence-corrected chi connectivity index (χ1v) is 8.64. The highest BCUT2D eigenvalue weighted by atomic mass is 35.5. The minimum absolute atomic E-state index is 0.132. The summed E-state index contributed by atoms with van der Waals surface area (Å²) in [6.45, 7) is 0.132. The van der Waals surface area contributed by atoms with E-state index in [1.165, 1.54) is 24.3 Å². The van der Waals surface area contributed by atoms with Gasteiger partial charge in [-0.25, -0.2) is 4.39 Å². The molecule has 0 atom stereocenters. The number of hydrogen-bond donors (Lipinski definition) is 2. The number of rotatable bonds is 5. The van der Waals surface area contributed by atoms with Gasteiger partial charge in [-0.3, -0.25) is 9.59 Å². The van der Waals surface area contributed by atoms with Crippen molar-refractivity contribution < 1.29 is 14.0 Å². The van der Waals surface area contributed by atoms with E-state index in [1.54, 1.807) is 24.3 Å². The number of hydrogen-bond acceptors (Lipinski definition) is 5. The quantitative estimate of drug-likeness (QED) is 0.698. The molecular formula is C17H12ClFN4O2S. The van der Waals surface area contributed by atoms with E-state index in [-0.39, 0.29) is 17.5 Å². The van der Waals surface area contributed by atoms with Crippen LogP contribution >= 0.6 is 22.9 Å². The summed E-state index contributed by atoms with van der Waals surface area (Å²) in [6, 6.07) is 11.9. The van der Waals surface area contributed by atoms with Gasteiger partial charge in [0.05, 0.1) is 6.54 Å². The van der Waals surface area contributed by atoms with Crippen LogP contribution in [0.15, 0.2) is 48.5 Å². The summed E-state index contributed by atoms with van der Waals surface area (Å²) in [5.74, 6) is -1.15. The van der Waals surface area contributed by atoms with Gasteiger partial charge in [0.15, 0.2) is 0 Å². The first kappa shape index (κ1) is 18.0. The van der Waals surface area contributed by atoms with Crippen LogP contribution in [0.2, 0.25) is 5.02 Å². The number of carbonyl (C=O) groups excluding carboxylic acids is 2. The third kappa shape index (κ3) is 4.62. The van der Waals surface area contributed by atoms with Crippen LogP contribution in [0.25, 0.3) is 0 Å². The number of nitrogens with one attached hydrogen (secondary N) is 2. The molecule has 0 radical (unpaired) electrons. The van der Waals surface area contributed by atoms with E-state index in [9.17, 15) is 14.0 Å². The lowest BCUT2D eigenvalue weighted by atomic mass is 10.2. The van der Waals surface area contributed by atoms with Gasteiger partial charge in [0.1, 0.15) is 10.8 Å². The second-order valence-corrected chi connectivity index (χ2v) is 6.65. The van der Waals surface area contributed by atoms with Crippen molar-refractivity contribution in [3.63, 3.8) is 0 Å². The zero-order chi connectivity index (χ0) is 18.5. The molecule has 0 saturated heterocycles. The van der Waals surface area contributed by atoms with Crippen LogP contribution in [-0.4, -0.2) is 22.0 Å². The highest BCUT2D eigenvalue weighted by Crippen LogP contribution is 2.15. The fourth-order valence-electron chi connectivity index (χ4n) is 2.02. The van der Waals surface area contributed by atoms with Gasteiger partial charge in [0.25, 0.3) is 11.8 Å². The Labute approximate surface area is 157 Å². The molecule has 1 aromatic heterocycles. The molecule has 0 aliphatic heterocycles. The van der Waals surface area contributed by atoms with Gasteiger partial charge in [-0.2, -0.15) is 0 Å². The van der Waals surface area contributed by atoms with Gasteiger partial charge >= 0.3 is 0 Å². The summed E-state index contributed by atoms with van der Waals surface area (Å²) >= 11 is 6.91. The van der Waals surface area contributed by atoms with Crippen molar-refractivity contribution in [1.29, 1.82) is 0 Å². The van der Waals surface area contributed by atoms with Gasteiger partial charge in [-0.05, 0) is 42.5 Å². The van der Waals surface area contributed by atoms with Crippen molar-refractivity contribution in [3.05, 3.63) is 74.9 Å². The third-order valence-electron chi connectivity index (χ3n) is 3.25. The molecule has 3 aromatic rings. The Morgan fingerprint density at radius 3 is 2.58 bits per heavy atom. The fraction of sp³-hybridized carbons (Fsp3) is 0.0588. The lowest BCUT2D eigenvalue weighted by molar-refractivity contribution is 0.0950. The average molecular weight is 391 g/mol. The molecule has 2 aromatic carbocycles. The van der Waals surface area contributed by atoms with Gasteiger partial charge in [-0.1, -0.05) is 29.0 Å². The van der Waals surface area contributed by atoms with Crippen molar-refractivity contribution in [3.8, 4) is 0 Å². The summed E-state index contributed by atoms with van der Waals surface area (Å²) in [7, 11) is 0. The minimum atomic E-state index is -0.457. The Bertz CT molecular complexity index is 946. The minimum Gasteiger partial charge on any atom is -0.345 e. The second-order valence-electron chi connectivity index (χ2n) is 5.15. The van der Waals surface area contributed by atoms with E-state index in [0.29, 0.717) is 21.3 Å². The highest BCUT2D eigenvalue weighted by molar-refractivity contribution is 7.13. The average Bonchev–Trinajstić information content (AvgIpc) is 3.11. The first-order valence-electron chi connectivity index (χ1n) is 7.44. The van der Waals surface area contributed by atoms with Crippen LogP contribution in [0.5, 0.6) is 0 Å². The number of halogens is 2. The van der Waals surface area contributed by atoms with Crippen LogP contribution in [0, 0.1) is 5.82 Å². The monoisotopic (exact) mass is 390 g/mol. The zero-order valence-corrected chi connectivity index (χ0v) is 14.8. The molecule has 2 N–H and O–H groups in total. The van der Waals surface area contributed by atoms with E-state index >= 15 is 0 Å². The molecule has 0 aliphatic rings. The van der Waals surface area contributed by atoms with Gasteiger partial charge in [-0.15, -0.1) is 10.2 Å². The largest absolute Gasteiger partial charge is 0.345 e. The molecule has 2 amide bonds. The van der Waals surface area contributed by atoms with Crippen LogP contribution in [0.4, 0.5) is 10.1 Å². The SMILES string of the molecule is O=C(NCc1nnc(C(=O)Nc2ccc(F)cc2)s1)c1cccc(Cl)c1. The van der Waals surface area contributed by atoms with Gasteiger partial charge in [0, 0.05) is 16.3 Å². The molecule has 132 valence electrons. The topological polar surface area (TPSA) is 84.0 Å². The summed E-state index contributed by atoms with van der Waals surface area (Å²) in [6.07, 6.45) is 0. The van der Waals surface area contributed by atoms with E-state index in [2.05, 4.69) is 20.8 Å². The maximum absolute atomic E-state index is 12.9. The van der Waals surface area contributed by atoms with Crippen molar-refractivity contribution in [2.45, 2.75) is 6.54 Å². The van der Waals surface area contributed by atoms with Gasteiger partial charge < -0.3 is 10.6 Å². The van der Waals surface area contributed by atoms with E-state index in [1.807, 2.05) is 0 Å². The Hall–Kier alpha value is -2.84. The van der Waals surface area contributed by atoms with Gasteiger partial charge in [0.2, 0.25) is 5.01 Å². The Morgan fingerprint density at radius 2 is 1.85 bits per heavy atom. The zero-order valence-electron chi connectivity index (χ0n) is 13.2. The molecule has 6 nitrogen and oxygen atoms in total. The summed E-state index contributed by atoms with van der Waals surface area (Å²) < 4.78 is 12.9. The number of aromatic nitrogens is 2. The second kappa shape index (κ2) is 8.03. The molecule has 1 heterocycles. The van der Waals surface area contributed by atoms with E-state index in [4.69, 9.17) is 11.6 Å². The highest BCUT2D eigenvalue weighted by Gasteiger charge is 2.14. The Balaban J connectivity index is 1.58. The predicted octanol–water partition coefficient (Wildman–Crippen LogP) is 3.51. The van der Waals surface area contributed by atoms with Crippen LogP contribution in [0.3, 0.4) is 0 Å². The first-order chi connectivity index (χ1) is 12.5. The molecule has 0 bridgehead atoms. The maximum Gasteiger partial charge on any atom is 0.286 e. The van der Waals surface area contributed by atoms with Crippen LogP contribution in [0.1, 0.15) is 25.2 Å². The van der Waals surface area contributed by atoms with Crippen molar-refractivity contribution >= 4 is 40.4 Å². The lowest BCUT2D eigenvalue weighted by Crippen LogP contribution is -2.22. The van der Waals surface area contributed by atoms with Crippen molar-refractivity contribution in [1.82, 2.24) is 15.5 Å². The number of amides is 2. The molecule has 26 heavy (non-hydrogen) atoms. The molecule has 0 fully saturated rings. The Morgan fingerprint density at radius 1 is 1.08 bits per heavy atom. The van der Waals surface area contributed by atoms with Crippen molar-refractivity contribution in [2.75, 3.05) is 5.32 Å². The molecular weight excluding hydrogens is 379 g/mol. The lowest BCUT2D eigenvalue weighted by Gasteiger charge is -2.03. The van der Waals surface area contributed by atoms with Crippen LogP contribution in [-0.2, 0) is 6.54 Å². The molecule has 3 rings (SSSR count). The van der Waals surface area contributed by atoms with Crippen molar-refractivity contribution in [2.24, 2.45) is 0 Å². The number of anilines is 1. The predicted molar refractivity (Wildman–Crippen MR) is 96.9 cm³/mol. The fourth-order valence-corrected chi connectivity index (χ4v) is 2.89. The number of carbonyl (C=O) groups is 2. The standard InChI is InChI=1S/C17H12ClFN4O2S/c18-11-3-1-2-10(8-11)15(24)20-9-14-22-23-17(26-14)16(25)21-13-6-4-12(19)5-7-13/h1-8H,9H2,(H,20,24)(H,21,25). The molecule has 0 unspecified atom stereocenters. The van der Waals surface area contributed by atoms with E-state index < -0.39 is 11.7 Å². The summed E-state index contributed by atoms with van der Waals surface area (Å²) in [4.78, 5) is 24.2. The van der Waals surface area contributed by atoms with E-state index in [0.717, 1.165) is 11.3 Å². The normalized spacial score (nSPS) is 10.4. The maximum atomic E-state index is 12.9. The molecule has 0 spiro atoms. The summed E-state index contributed by atoms with van der Waals surface area (Å²) in [5, 5.41) is 14.1. The molecule has 9 heteroatoms. The Kier molecular flexibility index (Phi) is 5.55. The molecule has 0 saturated carbocycles. The molecule has 0 aliphatic carbocycles. The third-order valence-corrected chi connectivity index (χ3v) is 4.41. The van der Waals surface area contributed by atoms with Crippen LogP contribution < -0.4 is 10.6 Å². The summed E-state index contributed by atoms with van der Waals surface area (Å²) in [5.41, 5.74) is 0.874. The number of benzene rings is 2. The smallest absolute Gasteiger partial charge is 0.286 e. The number of nitrogens with zero attached hydrogens (tertiary/aromatic N) is 2.